The van der Waals surface area contributed by atoms with Gasteiger partial charge in [-0.3, -0.25) is 4.79 Å². The van der Waals surface area contributed by atoms with Crippen molar-refractivity contribution < 1.29 is 14.3 Å². The van der Waals surface area contributed by atoms with E-state index in [4.69, 9.17) is 16.3 Å². The van der Waals surface area contributed by atoms with E-state index in [0.717, 1.165) is 11.1 Å². The number of esters is 1. The molecular weight excluding hydrogens is 388 g/mol. The van der Waals surface area contributed by atoms with Crippen molar-refractivity contribution in [1.29, 1.82) is 0 Å². The van der Waals surface area contributed by atoms with Gasteiger partial charge >= 0.3 is 5.97 Å². The van der Waals surface area contributed by atoms with Gasteiger partial charge in [-0.1, -0.05) is 41.9 Å². The fourth-order valence-corrected chi connectivity index (χ4v) is 2.46. The highest BCUT2D eigenvalue weighted by molar-refractivity contribution is 6.30. The summed E-state index contributed by atoms with van der Waals surface area (Å²) in [5.41, 5.74) is 4.55. The summed E-state index contributed by atoms with van der Waals surface area (Å²) in [6, 6.07) is 22.7. The van der Waals surface area contributed by atoms with Crippen LogP contribution in [0.25, 0.3) is 6.08 Å². The Kier molecular flexibility index (Phi) is 6.92. The first kappa shape index (κ1) is 20.0. The van der Waals surface area contributed by atoms with E-state index < -0.39 is 5.97 Å². The van der Waals surface area contributed by atoms with Gasteiger partial charge in [0.2, 0.25) is 0 Å². The van der Waals surface area contributed by atoms with E-state index in [1.54, 1.807) is 54.6 Å². The third-order valence-electron chi connectivity index (χ3n) is 3.80. The molecule has 0 fully saturated rings. The zero-order valence-electron chi connectivity index (χ0n) is 15.3. The van der Waals surface area contributed by atoms with Crippen LogP contribution in [-0.4, -0.2) is 18.1 Å². The molecular formula is C23H17ClN2O3. The first-order chi connectivity index (χ1) is 14.1. The highest BCUT2D eigenvalue weighted by Gasteiger charge is 2.03. The number of amides is 1. The average Bonchev–Trinajstić information content (AvgIpc) is 2.75. The number of carbonyl (C=O) groups is 2. The Hall–Kier alpha value is -3.70. The molecule has 0 atom stereocenters. The molecule has 3 aromatic carbocycles. The number of ether oxygens (including phenoxy) is 1. The maximum atomic E-state index is 12.0. The highest BCUT2D eigenvalue weighted by Crippen LogP contribution is 2.12. The molecule has 6 heteroatoms. The van der Waals surface area contributed by atoms with Crippen LogP contribution in [0.2, 0.25) is 5.02 Å². The van der Waals surface area contributed by atoms with Gasteiger partial charge in [0.15, 0.2) is 0 Å². The summed E-state index contributed by atoms with van der Waals surface area (Å²) in [6.07, 6.45) is 4.55. The lowest BCUT2D eigenvalue weighted by Crippen LogP contribution is -2.17. The molecule has 1 N–H and O–H groups in total. The van der Waals surface area contributed by atoms with Crippen molar-refractivity contribution in [2.24, 2.45) is 5.10 Å². The lowest BCUT2D eigenvalue weighted by molar-refractivity contribution is -0.128. The molecule has 0 unspecified atom stereocenters. The van der Waals surface area contributed by atoms with E-state index in [1.165, 1.54) is 12.3 Å². The van der Waals surface area contributed by atoms with Crippen LogP contribution in [0.4, 0.5) is 0 Å². The third kappa shape index (κ3) is 6.45. The zero-order chi connectivity index (χ0) is 20.5. The van der Waals surface area contributed by atoms with E-state index >= 15 is 0 Å². The first-order valence-electron chi connectivity index (χ1n) is 8.74. The molecule has 0 aliphatic carbocycles. The Balaban J connectivity index is 1.51. The predicted octanol–water partition coefficient (Wildman–Crippen LogP) is 4.72. The van der Waals surface area contributed by atoms with Gasteiger partial charge in [-0.2, -0.15) is 5.10 Å². The van der Waals surface area contributed by atoms with Crippen LogP contribution in [0.3, 0.4) is 0 Å². The number of hydrogen-bond donors (Lipinski definition) is 1. The van der Waals surface area contributed by atoms with E-state index in [-0.39, 0.29) is 5.91 Å². The van der Waals surface area contributed by atoms with Crippen molar-refractivity contribution in [3.63, 3.8) is 0 Å². The van der Waals surface area contributed by atoms with Crippen molar-refractivity contribution in [3.8, 4) is 5.75 Å². The molecule has 0 spiro atoms. The maximum Gasteiger partial charge on any atom is 0.336 e. The fourth-order valence-electron chi connectivity index (χ4n) is 2.33. The SMILES string of the molecule is O=C(/C=C/c1ccccc1)Oc1ccc(/C=N/NC(=O)c2ccc(Cl)cc2)cc1. The van der Waals surface area contributed by atoms with Crippen LogP contribution >= 0.6 is 11.6 Å². The number of rotatable bonds is 6. The van der Waals surface area contributed by atoms with Gasteiger partial charge in [0, 0.05) is 16.7 Å². The predicted molar refractivity (Wildman–Crippen MR) is 114 cm³/mol. The molecule has 0 aliphatic heterocycles. The molecule has 0 aliphatic rings. The number of halogens is 1. The molecule has 0 aromatic heterocycles. The summed E-state index contributed by atoms with van der Waals surface area (Å²) < 4.78 is 5.25. The summed E-state index contributed by atoms with van der Waals surface area (Å²) in [4.78, 5) is 23.8. The molecule has 0 heterocycles. The van der Waals surface area contributed by atoms with Crippen molar-refractivity contribution >= 4 is 35.8 Å². The quantitative estimate of drug-likeness (QED) is 0.212. The smallest absolute Gasteiger partial charge is 0.336 e. The minimum absolute atomic E-state index is 0.339. The van der Waals surface area contributed by atoms with Gasteiger partial charge in [0.25, 0.3) is 5.91 Å². The fraction of sp³-hybridized carbons (Fsp3) is 0. The van der Waals surface area contributed by atoms with Crippen LogP contribution in [0.15, 0.2) is 90.0 Å². The van der Waals surface area contributed by atoms with Gasteiger partial charge in [-0.15, -0.1) is 0 Å². The van der Waals surface area contributed by atoms with E-state index in [2.05, 4.69) is 10.5 Å². The molecule has 3 aromatic rings. The van der Waals surface area contributed by atoms with Crippen molar-refractivity contribution in [2.75, 3.05) is 0 Å². The summed E-state index contributed by atoms with van der Waals surface area (Å²) in [6.45, 7) is 0. The second-order valence-corrected chi connectivity index (χ2v) is 6.38. The summed E-state index contributed by atoms with van der Waals surface area (Å²) in [7, 11) is 0. The van der Waals surface area contributed by atoms with Crippen LogP contribution in [0.5, 0.6) is 5.75 Å². The van der Waals surface area contributed by atoms with Gasteiger partial charge in [-0.25, -0.2) is 10.2 Å². The number of hydrogen-bond acceptors (Lipinski definition) is 4. The van der Waals surface area contributed by atoms with Crippen LogP contribution < -0.4 is 10.2 Å². The number of hydrazone groups is 1. The van der Waals surface area contributed by atoms with Crippen molar-refractivity contribution in [1.82, 2.24) is 5.43 Å². The molecule has 3 rings (SSSR count). The molecule has 0 bridgehead atoms. The second kappa shape index (κ2) is 10.0. The normalized spacial score (nSPS) is 10.9. The van der Waals surface area contributed by atoms with Crippen molar-refractivity contribution in [3.05, 3.63) is 107 Å². The lowest BCUT2D eigenvalue weighted by atomic mass is 10.2. The van der Waals surface area contributed by atoms with Gasteiger partial charge < -0.3 is 4.74 Å². The Bertz CT molecular complexity index is 1030. The summed E-state index contributed by atoms with van der Waals surface area (Å²) in [5, 5.41) is 4.47. The van der Waals surface area contributed by atoms with Gasteiger partial charge in [-0.05, 0) is 65.7 Å². The monoisotopic (exact) mass is 404 g/mol. The van der Waals surface area contributed by atoms with Crippen molar-refractivity contribution in [2.45, 2.75) is 0 Å². The molecule has 1 amide bonds. The highest BCUT2D eigenvalue weighted by atomic mass is 35.5. The molecule has 0 saturated carbocycles. The summed E-state index contributed by atoms with van der Waals surface area (Å²) >= 11 is 5.79. The molecule has 29 heavy (non-hydrogen) atoms. The Morgan fingerprint density at radius 1 is 0.862 bits per heavy atom. The van der Waals surface area contributed by atoms with Crippen LogP contribution in [-0.2, 0) is 4.79 Å². The number of nitrogens with one attached hydrogen (secondary N) is 1. The number of carbonyl (C=O) groups excluding carboxylic acids is 2. The Labute approximate surface area is 173 Å². The molecule has 0 radical (unpaired) electrons. The minimum Gasteiger partial charge on any atom is -0.423 e. The maximum absolute atomic E-state index is 12.0. The molecule has 0 saturated heterocycles. The Morgan fingerprint density at radius 3 is 2.24 bits per heavy atom. The number of nitrogens with zero attached hydrogens (tertiary/aromatic N) is 1. The topological polar surface area (TPSA) is 67.8 Å². The van der Waals surface area contributed by atoms with E-state index in [9.17, 15) is 9.59 Å². The molecule has 5 nitrogen and oxygen atoms in total. The molecule has 144 valence electrons. The Morgan fingerprint density at radius 2 is 1.55 bits per heavy atom. The minimum atomic E-state index is -0.467. The first-order valence-corrected chi connectivity index (χ1v) is 9.12. The van der Waals surface area contributed by atoms with Crippen LogP contribution in [0, 0.1) is 0 Å². The number of benzene rings is 3. The van der Waals surface area contributed by atoms with Crippen LogP contribution in [0.1, 0.15) is 21.5 Å². The lowest BCUT2D eigenvalue weighted by Gasteiger charge is -2.02. The zero-order valence-corrected chi connectivity index (χ0v) is 16.0. The van der Waals surface area contributed by atoms with Gasteiger partial charge in [0.05, 0.1) is 6.21 Å². The van der Waals surface area contributed by atoms with Gasteiger partial charge in [0.1, 0.15) is 5.75 Å². The third-order valence-corrected chi connectivity index (χ3v) is 4.05. The largest absolute Gasteiger partial charge is 0.423 e. The second-order valence-electron chi connectivity index (χ2n) is 5.94. The van der Waals surface area contributed by atoms with E-state index in [1.807, 2.05) is 30.3 Å². The average molecular weight is 405 g/mol. The standard InChI is InChI=1S/C23H17ClN2O3/c24-20-11-9-19(10-12-20)23(28)26-25-16-18-6-13-21(14-7-18)29-22(27)15-8-17-4-2-1-3-5-17/h1-16H,(H,26,28)/b15-8+,25-16+. The summed E-state index contributed by atoms with van der Waals surface area (Å²) in [5.74, 6) is -0.394. The van der Waals surface area contributed by atoms with E-state index in [0.29, 0.717) is 16.3 Å².